The number of methoxy groups -OCH3 is 1. The zero-order valence-electron chi connectivity index (χ0n) is 22.3. The Kier molecular flexibility index (Phi) is 12.6. The third-order valence-electron chi connectivity index (χ3n) is 5.96. The Morgan fingerprint density at radius 2 is 1.88 bits per heavy atom. The van der Waals surface area contributed by atoms with Crippen LogP contribution in [0.3, 0.4) is 0 Å². The van der Waals surface area contributed by atoms with E-state index >= 15 is 0 Å². The van der Waals surface area contributed by atoms with Crippen molar-refractivity contribution in [3.8, 4) is 0 Å². The fraction of sp³-hybridized carbons (Fsp3) is 0.560. The number of carbonyl (C=O) groups excluding carboxylic acids is 2. The van der Waals surface area contributed by atoms with Crippen molar-refractivity contribution in [3.05, 3.63) is 41.5 Å². The Morgan fingerprint density at radius 3 is 2.45 bits per heavy atom. The highest BCUT2D eigenvalue weighted by Crippen LogP contribution is 2.32. The first-order valence-corrected chi connectivity index (χ1v) is 12.7. The van der Waals surface area contributed by atoms with Crippen molar-refractivity contribution in [2.24, 2.45) is 11.6 Å². The SMILES string of the molecule is COCCN(N)/C(=C\N)C(=O)NCc1nc2ccc(CNC(=O)CCC(F)(F)F)cc2[nH]1.FC1(F)CCCCC1. The van der Waals surface area contributed by atoms with Gasteiger partial charge >= 0.3 is 6.18 Å². The molecule has 1 aliphatic carbocycles. The number of nitrogens with two attached hydrogens (primary N) is 2. The maximum absolute atomic E-state index is 12.3. The molecule has 2 aromatic rings. The Bertz CT molecular complexity index is 1130. The lowest BCUT2D eigenvalue weighted by atomic mass is 9.97. The van der Waals surface area contributed by atoms with E-state index in [2.05, 4.69) is 20.6 Å². The third kappa shape index (κ3) is 11.7. The minimum atomic E-state index is -4.37. The lowest BCUT2D eigenvalue weighted by Gasteiger charge is -2.20. The Morgan fingerprint density at radius 1 is 1.18 bits per heavy atom. The summed E-state index contributed by atoms with van der Waals surface area (Å²) in [4.78, 5) is 31.3. The molecule has 15 heteroatoms. The first kappa shape index (κ1) is 32.8. The summed E-state index contributed by atoms with van der Waals surface area (Å²) < 4.78 is 65.9. The Labute approximate surface area is 228 Å². The van der Waals surface area contributed by atoms with Gasteiger partial charge < -0.3 is 31.1 Å². The molecular formula is C25H36F5N7O3. The van der Waals surface area contributed by atoms with Crippen molar-refractivity contribution in [2.45, 2.75) is 70.1 Å². The van der Waals surface area contributed by atoms with E-state index in [4.69, 9.17) is 16.3 Å². The minimum absolute atomic E-state index is 0.0710. The summed E-state index contributed by atoms with van der Waals surface area (Å²) >= 11 is 0. The third-order valence-corrected chi connectivity index (χ3v) is 5.96. The second-order valence-electron chi connectivity index (χ2n) is 9.26. The normalized spacial score (nSPS) is 15.2. The number of nitrogens with one attached hydrogen (secondary N) is 3. The number of imidazole rings is 1. The number of rotatable bonds is 11. The van der Waals surface area contributed by atoms with Gasteiger partial charge in [-0.25, -0.2) is 19.6 Å². The summed E-state index contributed by atoms with van der Waals surface area (Å²) in [5.74, 6) is 2.76. The van der Waals surface area contributed by atoms with Crippen LogP contribution < -0.4 is 22.2 Å². The molecule has 2 amide bonds. The second-order valence-corrected chi connectivity index (χ2v) is 9.26. The van der Waals surface area contributed by atoms with E-state index in [0.29, 0.717) is 41.9 Å². The number of amides is 2. The van der Waals surface area contributed by atoms with Gasteiger partial charge in [0.2, 0.25) is 11.8 Å². The number of nitrogens with zero attached hydrogens (tertiary/aromatic N) is 2. The van der Waals surface area contributed by atoms with Gasteiger partial charge in [0.1, 0.15) is 11.5 Å². The Balaban J connectivity index is 0.000000598. The number of fused-ring (bicyclic) bond motifs is 1. The van der Waals surface area contributed by atoms with Crippen molar-refractivity contribution in [2.75, 3.05) is 20.3 Å². The van der Waals surface area contributed by atoms with Gasteiger partial charge in [0, 0.05) is 39.1 Å². The smallest absolute Gasteiger partial charge is 0.389 e. The number of ether oxygens (including phenoxy) is 1. The van der Waals surface area contributed by atoms with Crippen LogP contribution in [0.15, 0.2) is 30.1 Å². The molecule has 1 aromatic carbocycles. The van der Waals surface area contributed by atoms with Crippen LogP contribution in [0.4, 0.5) is 22.0 Å². The van der Waals surface area contributed by atoms with E-state index in [0.717, 1.165) is 12.6 Å². The van der Waals surface area contributed by atoms with Gasteiger partial charge in [-0.1, -0.05) is 12.5 Å². The molecule has 3 rings (SSSR count). The van der Waals surface area contributed by atoms with Gasteiger partial charge in [-0.05, 0) is 30.5 Å². The highest BCUT2D eigenvalue weighted by atomic mass is 19.4. The van der Waals surface area contributed by atoms with Crippen molar-refractivity contribution >= 4 is 22.8 Å². The predicted molar refractivity (Wildman–Crippen MR) is 138 cm³/mol. The van der Waals surface area contributed by atoms with E-state index in [1.807, 2.05) is 0 Å². The number of carbonyl (C=O) groups is 2. The molecule has 1 fully saturated rings. The molecule has 0 saturated heterocycles. The van der Waals surface area contributed by atoms with Crippen LogP contribution in [0, 0.1) is 0 Å². The topological polar surface area (TPSA) is 151 Å². The number of hydrogen-bond acceptors (Lipinski definition) is 7. The summed E-state index contributed by atoms with van der Waals surface area (Å²) in [6.45, 7) is 0.742. The molecule has 1 heterocycles. The lowest BCUT2D eigenvalue weighted by molar-refractivity contribution is -0.144. The highest BCUT2D eigenvalue weighted by Gasteiger charge is 2.30. The molecule has 0 aliphatic heterocycles. The summed E-state index contributed by atoms with van der Waals surface area (Å²) in [5.41, 5.74) is 7.51. The number of halogens is 5. The maximum Gasteiger partial charge on any atom is 0.389 e. The molecular weight excluding hydrogens is 541 g/mol. The summed E-state index contributed by atoms with van der Waals surface area (Å²) in [6.07, 6.45) is -2.40. The van der Waals surface area contributed by atoms with Gasteiger partial charge in [0.05, 0.1) is 37.2 Å². The van der Waals surface area contributed by atoms with E-state index < -0.39 is 36.8 Å². The average molecular weight is 578 g/mol. The van der Waals surface area contributed by atoms with Crippen molar-refractivity contribution in [1.82, 2.24) is 25.6 Å². The number of aromatic amines is 1. The van der Waals surface area contributed by atoms with Crippen molar-refractivity contribution in [1.29, 1.82) is 0 Å². The molecule has 40 heavy (non-hydrogen) atoms. The van der Waals surface area contributed by atoms with Crippen LogP contribution in [0.2, 0.25) is 0 Å². The first-order chi connectivity index (χ1) is 18.8. The monoisotopic (exact) mass is 577 g/mol. The molecule has 224 valence electrons. The lowest BCUT2D eigenvalue weighted by Crippen LogP contribution is -2.41. The molecule has 7 N–H and O–H groups in total. The number of alkyl halides is 5. The predicted octanol–water partition coefficient (Wildman–Crippen LogP) is 3.35. The quantitative estimate of drug-likeness (QED) is 0.119. The molecule has 0 unspecified atom stereocenters. The minimum Gasteiger partial charge on any atom is -0.403 e. The van der Waals surface area contributed by atoms with Crippen LogP contribution >= 0.6 is 0 Å². The summed E-state index contributed by atoms with van der Waals surface area (Å²) in [5, 5.41) is 6.28. The fourth-order valence-corrected chi connectivity index (χ4v) is 3.78. The van der Waals surface area contributed by atoms with Gasteiger partial charge in [0.25, 0.3) is 5.91 Å². The van der Waals surface area contributed by atoms with Crippen LogP contribution in [0.1, 0.15) is 56.3 Å². The molecule has 1 saturated carbocycles. The van der Waals surface area contributed by atoms with Gasteiger partial charge in [-0.15, -0.1) is 0 Å². The molecule has 0 radical (unpaired) electrons. The van der Waals surface area contributed by atoms with Crippen LogP contribution in [-0.4, -0.2) is 59.2 Å². The molecule has 1 aromatic heterocycles. The van der Waals surface area contributed by atoms with Crippen molar-refractivity contribution < 1.29 is 36.3 Å². The van der Waals surface area contributed by atoms with Gasteiger partial charge in [-0.3, -0.25) is 9.59 Å². The zero-order chi connectivity index (χ0) is 29.8. The molecule has 1 aliphatic rings. The zero-order valence-corrected chi connectivity index (χ0v) is 22.3. The first-order valence-electron chi connectivity index (χ1n) is 12.7. The number of aromatic nitrogens is 2. The number of hydrogen-bond donors (Lipinski definition) is 5. The van der Waals surface area contributed by atoms with E-state index in [9.17, 15) is 31.5 Å². The summed E-state index contributed by atoms with van der Waals surface area (Å²) in [6, 6.07) is 5.12. The van der Waals surface area contributed by atoms with Crippen LogP contribution in [0.25, 0.3) is 11.0 Å². The standard InChI is InChI=1S/C19H26F3N7O3.C6H10F2/c1-32-7-6-29(24)15(9-23)18(31)26-11-16-27-13-3-2-12(8-14(13)28-16)10-25-17(30)4-5-19(20,21)22;7-6(8)4-2-1-3-5-6/h2-3,8-9H,4-7,10-11,23-24H2,1H3,(H,25,30)(H,26,31)(H,27,28);1-5H2/b15-9-;. The van der Waals surface area contributed by atoms with Gasteiger partial charge in [-0.2, -0.15) is 13.2 Å². The fourth-order valence-electron chi connectivity index (χ4n) is 3.78. The number of benzene rings is 1. The largest absolute Gasteiger partial charge is 0.403 e. The molecule has 0 bridgehead atoms. The van der Waals surface area contributed by atoms with Crippen LogP contribution in [-0.2, 0) is 27.4 Å². The maximum atomic E-state index is 12.3. The number of hydrazine groups is 1. The van der Waals surface area contributed by atoms with Crippen LogP contribution in [0.5, 0.6) is 0 Å². The average Bonchev–Trinajstić information content (AvgIpc) is 3.31. The van der Waals surface area contributed by atoms with E-state index in [1.165, 1.54) is 12.1 Å². The number of H-pyrrole nitrogens is 1. The second kappa shape index (κ2) is 15.4. The summed E-state index contributed by atoms with van der Waals surface area (Å²) in [7, 11) is 1.51. The van der Waals surface area contributed by atoms with E-state index in [-0.39, 0.29) is 38.2 Å². The molecule has 0 atom stereocenters. The van der Waals surface area contributed by atoms with E-state index in [1.54, 1.807) is 18.2 Å². The van der Waals surface area contributed by atoms with Crippen molar-refractivity contribution in [3.63, 3.8) is 0 Å². The highest BCUT2D eigenvalue weighted by molar-refractivity contribution is 5.92. The van der Waals surface area contributed by atoms with Gasteiger partial charge in [0.15, 0.2) is 0 Å². The Hall–Kier alpha value is -3.46. The molecule has 0 spiro atoms. The molecule has 10 nitrogen and oxygen atoms in total.